The van der Waals surface area contributed by atoms with Crippen LogP contribution in [0, 0.1) is 0 Å². The molecule has 2 heterocycles. The fourth-order valence-electron chi connectivity index (χ4n) is 10.9. The summed E-state index contributed by atoms with van der Waals surface area (Å²) in [5, 5.41) is 12.5. The van der Waals surface area contributed by atoms with E-state index in [0.29, 0.717) is 0 Å². The van der Waals surface area contributed by atoms with Gasteiger partial charge in [0.1, 0.15) is 0 Å². The van der Waals surface area contributed by atoms with Crippen molar-refractivity contribution in [2.45, 2.75) is 0 Å². The Balaban J connectivity index is 0.941. The summed E-state index contributed by atoms with van der Waals surface area (Å²) in [5.74, 6) is 0. The third kappa shape index (κ3) is 5.39. The van der Waals surface area contributed by atoms with E-state index in [-0.39, 0.29) is 0 Å². The molecule has 0 unspecified atom stereocenters. The first-order valence-corrected chi connectivity index (χ1v) is 22.7. The molecule has 0 saturated heterocycles. The van der Waals surface area contributed by atoms with Crippen LogP contribution < -0.4 is 9.80 Å². The topological polar surface area (TPSA) is 16.3 Å². The van der Waals surface area contributed by atoms with Crippen LogP contribution in [0.3, 0.4) is 0 Å². The average molecular weight is 841 g/mol. The zero-order valence-electron chi connectivity index (χ0n) is 35.9. The Morgan fingerprint density at radius 1 is 0.242 bits per heavy atom. The summed E-state index contributed by atoms with van der Waals surface area (Å²) in [7, 11) is 0. The lowest BCUT2D eigenvalue weighted by atomic mass is 9.99. The molecule has 4 nitrogen and oxygen atoms in total. The fourth-order valence-corrected chi connectivity index (χ4v) is 10.9. The number of nitrogens with zero attached hydrogens (tertiary/aromatic N) is 4. The second kappa shape index (κ2) is 14.3. The van der Waals surface area contributed by atoms with Crippen LogP contribution in [0.5, 0.6) is 0 Å². The van der Waals surface area contributed by atoms with E-state index in [1.807, 2.05) is 0 Å². The lowest BCUT2D eigenvalue weighted by molar-refractivity contribution is 1.18. The van der Waals surface area contributed by atoms with Gasteiger partial charge in [-0.25, -0.2) is 0 Å². The normalized spacial score (nSPS) is 11.9. The van der Waals surface area contributed by atoms with Crippen LogP contribution in [-0.2, 0) is 0 Å². The third-order valence-corrected chi connectivity index (χ3v) is 13.8. The van der Waals surface area contributed by atoms with Crippen molar-refractivity contribution in [1.82, 2.24) is 9.13 Å². The number of anilines is 6. The van der Waals surface area contributed by atoms with Gasteiger partial charge in [0, 0.05) is 66.4 Å². The summed E-state index contributed by atoms with van der Waals surface area (Å²) in [6.07, 6.45) is 0. The van der Waals surface area contributed by atoms with Crippen molar-refractivity contribution < 1.29 is 0 Å². The molecule has 308 valence electrons. The number of hydrogen-bond acceptors (Lipinski definition) is 2. The summed E-state index contributed by atoms with van der Waals surface area (Å²) in [6.45, 7) is 0. The highest BCUT2D eigenvalue weighted by molar-refractivity contribution is 6.28. The lowest BCUT2D eigenvalue weighted by Gasteiger charge is -2.29. The van der Waals surface area contributed by atoms with Crippen molar-refractivity contribution in [2.75, 3.05) is 9.80 Å². The van der Waals surface area contributed by atoms with E-state index < -0.39 is 0 Å². The van der Waals surface area contributed by atoms with Gasteiger partial charge >= 0.3 is 0 Å². The first kappa shape index (κ1) is 36.6. The summed E-state index contributed by atoms with van der Waals surface area (Å²) in [5.41, 5.74) is 13.8. The van der Waals surface area contributed by atoms with E-state index in [2.05, 4.69) is 262 Å². The molecule has 4 heteroatoms. The van der Waals surface area contributed by atoms with Gasteiger partial charge < -0.3 is 18.9 Å². The number of rotatable bonds is 8. The zero-order chi connectivity index (χ0) is 43.3. The Labute approximate surface area is 381 Å². The van der Waals surface area contributed by atoms with Crippen LogP contribution in [0.15, 0.2) is 243 Å². The lowest BCUT2D eigenvalue weighted by Crippen LogP contribution is -2.12. The molecule has 66 heavy (non-hydrogen) atoms. The van der Waals surface area contributed by atoms with E-state index >= 15 is 0 Å². The number of fused-ring (bicyclic) bond motifs is 1. The molecule has 14 aromatic rings. The summed E-state index contributed by atoms with van der Waals surface area (Å²) in [6, 6.07) is 88.7. The standard InChI is InChI=1S/C62H40N4/c1-4-18-45(19-5-1)63(53-36-38-57-61-51(53)34-27-42-16-12-24-55(59(42)61)65(57)47-22-8-3-9-23-47)48-30-32-49(33-31-48)64(46-20-6-2-7-21-46)54-37-39-58-62-52(54)35-28-43-17-13-25-56(60(43)62)66(58)50-29-26-41-14-10-11-15-44(41)40-50/h1-40H. The summed E-state index contributed by atoms with van der Waals surface area (Å²) >= 11 is 0. The number of para-hydroxylation sites is 3. The molecule has 0 N–H and O–H groups in total. The van der Waals surface area contributed by atoms with E-state index in [1.54, 1.807) is 0 Å². The van der Waals surface area contributed by atoms with Gasteiger partial charge in [-0.2, -0.15) is 0 Å². The Kier molecular flexibility index (Phi) is 7.95. The second-order valence-corrected chi connectivity index (χ2v) is 17.3. The summed E-state index contributed by atoms with van der Waals surface area (Å²) < 4.78 is 4.86. The zero-order valence-corrected chi connectivity index (χ0v) is 35.9. The van der Waals surface area contributed by atoms with Crippen LogP contribution in [0.2, 0.25) is 0 Å². The fraction of sp³-hybridized carbons (Fsp3) is 0. The highest BCUT2D eigenvalue weighted by Crippen LogP contribution is 2.49. The largest absolute Gasteiger partial charge is 0.310 e. The highest BCUT2D eigenvalue weighted by Gasteiger charge is 2.25. The number of benzene rings is 12. The van der Waals surface area contributed by atoms with E-state index in [9.17, 15) is 0 Å². The minimum atomic E-state index is 1.08. The van der Waals surface area contributed by atoms with Crippen LogP contribution in [0.1, 0.15) is 0 Å². The minimum Gasteiger partial charge on any atom is -0.310 e. The van der Waals surface area contributed by atoms with Crippen LogP contribution in [0.25, 0.3) is 87.3 Å². The Bertz CT molecular complexity index is 4090. The van der Waals surface area contributed by atoms with Crippen molar-refractivity contribution in [3.05, 3.63) is 243 Å². The molecule has 14 rings (SSSR count). The Morgan fingerprint density at radius 2 is 0.652 bits per heavy atom. The molecule has 0 aliphatic heterocycles. The quantitative estimate of drug-likeness (QED) is 0.142. The van der Waals surface area contributed by atoms with Crippen molar-refractivity contribution in [1.29, 1.82) is 0 Å². The highest BCUT2D eigenvalue weighted by atomic mass is 15.2. The predicted molar refractivity (Wildman–Crippen MR) is 279 cm³/mol. The predicted octanol–water partition coefficient (Wildman–Crippen LogP) is 17.2. The maximum absolute atomic E-state index is 2.45. The van der Waals surface area contributed by atoms with Gasteiger partial charge in [-0.05, 0) is 131 Å². The van der Waals surface area contributed by atoms with Crippen molar-refractivity contribution >= 4 is 110 Å². The molecule has 0 aliphatic carbocycles. The molecule has 0 amide bonds. The van der Waals surface area contributed by atoms with Crippen LogP contribution in [-0.4, -0.2) is 9.13 Å². The van der Waals surface area contributed by atoms with Gasteiger partial charge in [-0.3, -0.25) is 0 Å². The van der Waals surface area contributed by atoms with Gasteiger partial charge in [0.2, 0.25) is 0 Å². The van der Waals surface area contributed by atoms with Gasteiger partial charge in [-0.1, -0.05) is 133 Å². The van der Waals surface area contributed by atoms with Crippen molar-refractivity contribution in [3.63, 3.8) is 0 Å². The van der Waals surface area contributed by atoms with Crippen molar-refractivity contribution in [3.8, 4) is 11.4 Å². The SMILES string of the molecule is c1ccc(N(c2ccc(N(c3ccccc3)c3ccc4c5c3ccc3cccc(c35)n4-c3ccc4ccccc4c3)cc2)c2ccc3c4c2ccc2cccc(c24)n3-c2ccccc2)cc1. The molecule has 0 fully saturated rings. The number of aromatic nitrogens is 2. The molecule has 0 atom stereocenters. The van der Waals surface area contributed by atoms with Crippen LogP contribution >= 0.6 is 0 Å². The summed E-state index contributed by atoms with van der Waals surface area (Å²) in [4.78, 5) is 4.83. The first-order valence-electron chi connectivity index (χ1n) is 22.7. The third-order valence-electron chi connectivity index (χ3n) is 13.8. The maximum atomic E-state index is 2.45. The Morgan fingerprint density at radius 3 is 1.18 bits per heavy atom. The molecular weight excluding hydrogens is 801 g/mol. The molecule has 0 radical (unpaired) electrons. The van der Waals surface area contributed by atoms with Crippen LogP contribution in [0.4, 0.5) is 34.1 Å². The molecule has 12 aromatic carbocycles. The molecule has 0 spiro atoms. The van der Waals surface area contributed by atoms with Gasteiger partial charge in [0.25, 0.3) is 0 Å². The molecule has 0 bridgehead atoms. The molecule has 0 aliphatic rings. The minimum absolute atomic E-state index is 1.08. The van der Waals surface area contributed by atoms with Crippen molar-refractivity contribution in [2.24, 2.45) is 0 Å². The van der Waals surface area contributed by atoms with Gasteiger partial charge in [-0.15, -0.1) is 0 Å². The maximum Gasteiger partial charge on any atom is 0.0548 e. The van der Waals surface area contributed by atoms with E-state index in [0.717, 1.165) is 45.5 Å². The molecule has 0 saturated carbocycles. The van der Waals surface area contributed by atoms with Gasteiger partial charge in [0.05, 0.1) is 33.4 Å². The van der Waals surface area contributed by atoms with E-state index in [4.69, 9.17) is 0 Å². The molecular formula is C62H40N4. The smallest absolute Gasteiger partial charge is 0.0548 e. The monoisotopic (exact) mass is 840 g/mol. The first-order chi connectivity index (χ1) is 32.8. The number of hydrogen-bond donors (Lipinski definition) is 0. The second-order valence-electron chi connectivity index (χ2n) is 17.3. The van der Waals surface area contributed by atoms with Gasteiger partial charge in [0.15, 0.2) is 0 Å². The average Bonchev–Trinajstić information content (AvgIpc) is 3.92. The van der Waals surface area contributed by atoms with E-state index in [1.165, 1.54) is 75.9 Å². The Hall–Kier alpha value is -8.86. The molecule has 2 aromatic heterocycles.